The van der Waals surface area contributed by atoms with E-state index >= 15 is 0 Å². The Morgan fingerprint density at radius 2 is 1.70 bits per heavy atom. The van der Waals surface area contributed by atoms with E-state index in [1.165, 1.54) is 16.3 Å². The number of nitrogens with one attached hydrogen (secondary N) is 1. The molecule has 1 atom stereocenters. The van der Waals surface area contributed by atoms with Crippen molar-refractivity contribution in [2.45, 2.75) is 44.7 Å². The normalized spacial score (nSPS) is 13.7. The van der Waals surface area contributed by atoms with Gasteiger partial charge in [-0.2, -0.15) is 0 Å². The zero-order valence-corrected chi connectivity index (χ0v) is 27.3. The third kappa shape index (κ3) is 7.30. The number of furan rings is 1. The van der Waals surface area contributed by atoms with Gasteiger partial charge in [0.25, 0.3) is 0 Å². The van der Waals surface area contributed by atoms with Crippen molar-refractivity contribution in [2.75, 3.05) is 23.7 Å². The van der Waals surface area contributed by atoms with Crippen LogP contribution in [-0.2, 0) is 29.4 Å². The zero-order chi connectivity index (χ0) is 32.1. The van der Waals surface area contributed by atoms with E-state index in [9.17, 15) is 13.2 Å². The summed E-state index contributed by atoms with van der Waals surface area (Å²) in [5, 5.41) is 4.80. The quantitative estimate of drug-likeness (QED) is 0.130. The number of ether oxygens (including phenoxy) is 1. The van der Waals surface area contributed by atoms with Gasteiger partial charge in [0.2, 0.25) is 10.0 Å². The Morgan fingerprint density at radius 3 is 2.46 bits per heavy atom. The molecule has 0 spiro atoms. The van der Waals surface area contributed by atoms with Gasteiger partial charge in [-0.3, -0.25) is 9.10 Å². The van der Waals surface area contributed by atoms with Gasteiger partial charge in [0.05, 0.1) is 36.7 Å². The molecule has 1 aliphatic carbocycles. The number of halogens is 1. The van der Waals surface area contributed by atoms with Crippen LogP contribution in [0.2, 0.25) is 5.02 Å². The molecule has 0 bridgehead atoms. The summed E-state index contributed by atoms with van der Waals surface area (Å²) in [6.07, 6.45) is 6.07. The highest BCUT2D eigenvalue weighted by atomic mass is 35.5. The average Bonchev–Trinajstić information content (AvgIpc) is 3.45. The molecular formula is C37H37ClN2O5S. The summed E-state index contributed by atoms with van der Waals surface area (Å²) in [4.78, 5) is 13.5. The third-order valence-corrected chi connectivity index (χ3v) is 9.87. The minimum atomic E-state index is -3.69. The number of benzene rings is 4. The van der Waals surface area contributed by atoms with Gasteiger partial charge in [0.15, 0.2) is 17.1 Å². The number of anilines is 1. The van der Waals surface area contributed by atoms with E-state index in [1.54, 1.807) is 18.2 Å². The molecule has 0 aliphatic heterocycles. The van der Waals surface area contributed by atoms with Crippen molar-refractivity contribution in [3.05, 3.63) is 130 Å². The van der Waals surface area contributed by atoms with Crippen LogP contribution in [0.15, 0.2) is 101 Å². The van der Waals surface area contributed by atoms with Crippen LogP contribution in [0, 0.1) is 0 Å². The summed E-state index contributed by atoms with van der Waals surface area (Å²) in [5.74, 6) is 1.62. The number of sulfonamides is 1. The fourth-order valence-corrected chi connectivity index (χ4v) is 7.22. The first kappa shape index (κ1) is 31.9. The number of hydrogen-bond acceptors (Lipinski definition) is 6. The summed E-state index contributed by atoms with van der Waals surface area (Å²) in [6.45, 7) is 0.553. The Balaban J connectivity index is 1.16. The number of carbonyl (C=O) groups excluding carboxylic acids is 1. The van der Waals surface area contributed by atoms with Crippen LogP contribution in [-0.4, -0.2) is 33.6 Å². The Bertz CT molecular complexity index is 1930. The molecule has 7 nitrogen and oxygen atoms in total. The first-order chi connectivity index (χ1) is 22.3. The van der Waals surface area contributed by atoms with E-state index in [-0.39, 0.29) is 35.6 Å². The van der Waals surface area contributed by atoms with E-state index in [4.69, 9.17) is 20.8 Å². The lowest BCUT2D eigenvalue weighted by molar-refractivity contribution is 0.0985. The Kier molecular flexibility index (Phi) is 9.78. The van der Waals surface area contributed by atoms with Gasteiger partial charge < -0.3 is 14.5 Å². The van der Waals surface area contributed by atoms with Gasteiger partial charge >= 0.3 is 0 Å². The number of ketones is 1. The van der Waals surface area contributed by atoms with Crippen molar-refractivity contribution in [1.82, 2.24) is 5.32 Å². The number of hydrogen-bond donors (Lipinski definition) is 1. The summed E-state index contributed by atoms with van der Waals surface area (Å²) < 4.78 is 39.4. The molecule has 0 amide bonds. The van der Waals surface area contributed by atoms with Crippen molar-refractivity contribution in [3.63, 3.8) is 0 Å². The fraction of sp³-hybridized carbons (Fsp3) is 0.270. The molecule has 6 rings (SSSR count). The summed E-state index contributed by atoms with van der Waals surface area (Å²) in [7, 11) is -3.69. The van der Waals surface area contributed by atoms with Crippen molar-refractivity contribution in [1.29, 1.82) is 0 Å². The standard InChI is InChI=1S/C37H37ClN2O5S/c1-46(42,43)40(25-26-11-4-2-5-12-26)33-23-28(19-20-31(33)38)34(41)24-39-32(27-13-6-3-7-14-27)21-22-44-36-18-10-16-30-29-15-8-9-17-35(29)45-37(30)36/h2-7,10-14,16,18-20,23,32,39H,8-9,15,17,21-22,24-25H2,1H3. The van der Waals surface area contributed by atoms with Crippen LogP contribution < -0.4 is 14.4 Å². The largest absolute Gasteiger partial charge is 0.490 e. The van der Waals surface area contributed by atoms with Gasteiger partial charge in [-0.05, 0) is 54.7 Å². The lowest BCUT2D eigenvalue weighted by Gasteiger charge is -2.24. The number of Topliss-reactive ketones (excluding diaryl/α,β-unsaturated/α-hetero) is 1. The van der Waals surface area contributed by atoms with E-state index in [0.717, 1.165) is 59.1 Å². The molecule has 1 unspecified atom stereocenters. The number of aryl methyl sites for hydroxylation is 2. The SMILES string of the molecule is CS(=O)(=O)N(Cc1ccccc1)c1cc(C(=O)CNC(CCOc2cccc3c4c(oc23)CCCC4)c2ccccc2)ccc1Cl. The minimum Gasteiger partial charge on any atom is -0.490 e. The van der Waals surface area contributed by atoms with E-state index in [0.29, 0.717) is 18.6 Å². The fourth-order valence-electron chi connectivity index (χ4n) is 6.05. The van der Waals surface area contributed by atoms with Crippen molar-refractivity contribution in [3.8, 4) is 5.75 Å². The maximum atomic E-state index is 13.5. The lowest BCUT2D eigenvalue weighted by Crippen LogP contribution is -2.31. The predicted octanol–water partition coefficient (Wildman–Crippen LogP) is 7.91. The molecule has 1 heterocycles. The summed E-state index contributed by atoms with van der Waals surface area (Å²) >= 11 is 6.50. The van der Waals surface area contributed by atoms with Gasteiger partial charge in [0.1, 0.15) is 5.76 Å². The molecule has 4 aromatic carbocycles. The summed E-state index contributed by atoms with van der Waals surface area (Å²) in [6, 6.07) is 29.9. The lowest BCUT2D eigenvalue weighted by atomic mass is 9.96. The number of nitrogens with zero attached hydrogens (tertiary/aromatic N) is 1. The van der Waals surface area contributed by atoms with Gasteiger partial charge in [0, 0.05) is 35.4 Å². The Hall–Kier alpha value is -4.11. The second-order valence-corrected chi connectivity index (χ2v) is 14.0. The third-order valence-electron chi connectivity index (χ3n) is 8.43. The zero-order valence-electron chi connectivity index (χ0n) is 25.7. The highest BCUT2D eigenvalue weighted by Crippen LogP contribution is 2.37. The van der Waals surface area contributed by atoms with Crippen LogP contribution >= 0.6 is 11.6 Å². The molecular weight excluding hydrogens is 620 g/mol. The number of carbonyl (C=O) groups is 1. The van der Waals surface area contributed by atoms with Gasteiger partial charge in [-0.25, -0.2) is 8.42 Å². The van der Waals surface area contributed by atoms with Crippen LogP contribution in [0.5, 0.6) is 5.75 Å². The van der Waals surface area contributed by atoms with Gasteiger partial charge in [-0.15, -0.1) is 0 Å². The Labute approximate surface area is 275 Å². The van der Waals surface area contributed by atoms with E-state index in [1.807, 2.05) is 72.8 Å². The number of para-hydroxylation sites is 1. The predicted molar refractivity (Wildman–Crippen MR) is 183 cm³/mol. The molecule has 1 aliphatic rings. The highest BCUT2D eigenvalue weighted by Gasteiger charge is 2.23. The maximum absolute atomic E-state index is 13.5. The number of fused-ring (bicyclic) bond motifs is 3. The topological polar surface area (TPSA) is 88.9 Å². The highest BCUT2D eigenvalue weighted by molar-refractivity contribution is 7.92. The average molecular weight is 657 g/mol. The van der Waals surface area contributed by atoms with Crippen LogP contribution in [0.1, 0.15) is 58.1 Å². The van der Waals surface area contributed by atoms with Gasteiger partial charge in [-0.1, -0.05) is 84.4 Å². The molecule has 46 heavy (non-hydrogen) atoms. The molecule has 0 fully saturated rings. The maximum Gasteiger partial charge on any atom is 0.232 e. The minimum absolute atomic E-state index is 0.0404. The molecule has 9 heteroatoms. The van der Waals surface area contributed by atoms with Crippen molar-refractivity contribution >= 4 is 44.1 Å². The summed E-state index contributed by atoms with van der Waals surface area (Å²) in [5.41, 5.74) is 4.58. The smallest absolute Gasteiger partial charge is 0.232 e. The first-order valence-electron chi connectivity index (χ1n) is 15.6. The van der Waals surface area contributed by atoms with Crippen LogP contribution in [0.25, 0.3) is 11.0 Å². The molecule has 0 radical (unpaired) electrons. The van der Waals surface area contributed by atoms with Crippen LogP contribution in [0.3, 0.4) is 0 Å². The molecule has 0 saturated heterocycles. The molecule has 238 valence electrons. The molecule has 5 aromatic rings. The first-order valence-corrected chi connectivity index (χ1v) is 17.8. The van der Waals surface area contributed by atoms with E-state index < -0.39 is 10.0 Å². The molecule has 0 saturated carbocycles. The molecule has 1 N–H and O–H groups in total. The number of rotatable bonds is 13. The van der Waals surface area contributed by atoms with E-state index in [2.05, 4.69) is 11.4 Å². The van der Waals surface area contributed by atoms with Crippen molar-refractivity contribution in [2.24, 2.45) is 0 Å². The van der Waals surface area contributed by atoms with Crippen molar-refractivity contribution < 1.29 is 22.4 Å². The second kappa shape index (κ2) is 14.1. The van der Waals surface area contributed by atoms with Crippen LogP contribution in [0.4, 0.5) is 5.69 Å². The monoisotopic (exact) mass is 656 g/mol. The second-order valence-electron chi connectivity index (χ2n) is 11.7. The molecule has 1 aromatic heterocycles. The Morgan fingerprint density at radius 1 is 0.957 bits per heavy atom.